The van der Waals surface area contributed by atoms with Crippen LogP contribution in [0.2, 0.25) is 0 Å². The summed E-state index contributed by atoms with van der Waals surface area (Å²) in [6.45, 7) is 5.57. The Morgan fingerprint density at radius 1 is 1.16 bits per heavy atom. The van der Waals surface area contributed by atoms with Crippen LogP contribution in [0.15, 0.2) is 46.0 Å². The van der Waals surface area contributed by atoms with Crippen molar-refractivity contribution >= 4 is 50.3 Å². The zero-order valence-electron chi connectivity index (χ0n) is 17.5. The molecule has 3 heterocycles. The largest absolute Gasteiger partial charge is 0.467 e. The smallest absolute Gasteiger partial charge is 0.274 e. The van der Waals surface area contributed by atoms with Crippen molar-refractivity contribution in [3.63, 3.8) is 0 Å². The summed E-state index contributed by atoms with van der Waals surface area (Å²) in [5.41, 5.74) is 4.99. The number of nitrogens with zero attached hydrogens (tertiary/aromatic N) is 3. The molecular weight excluding hydrogens is 430 g/mol. The molecule has 0 atom stereocenters. The van der Waals surface area contributed by atoms with E-state index in [1.807, 2.05) is 29.2 Å². The SMILES string of the molecule is Cc1ccc(C)c2sc(OC3CCN(C(=O)CSc4nc5ccccc5o4)CC3)nc12. The van der Waals surface area contributed by atoms with E-state index in [1.165, 1.54) is 27.6 Å². The summed E-state index contributed by atoms with van der Waals surface area (Å²) in [5, 5.41) is 1.26. The van der Waals surface area contributed by atoms with Gasteiger partial charge in [0.2, 0.25) is 5.91 Å². The molecule has 2 aromatic carbocycles. The molecule has 0 N–H and O–H groups in total. The third-order valence-corrected chi connectivity index (χ3v) is 7.47. The highest BCUT2D eigenvalue weighted by Gasteiger charge is 2.25. The van der Waals surface area contributed by atoms with Crippen LogP contribution in [-0.2, 0) is 4.79 Å². The monoisotopic (exact) mass is 453 g/mol. The Kier molecular flexibility index (Phi) is 5.58. The molecule has 0 spiro atoms. The Hall–Kier alpha value is -2.58. The topological polar surface area (TPSA) is 68.5 Å². The van der Waals surface area contributed by atoms with Crippen molar-refractivity contribution in [2.75, 3.05) is 18.8 Å². The van der Waals surface area contributed by atoms with Gasteiger partial charge in [0, 0.05) is 25.9 Å². The molecule has 0 radical (unpaired) electrons. The number of thioether (sulfide) groups is 1. The van der Waals surface area contributed by atoms with Gasteiger partial charge in [-0.25, -0.2) is 9.97 Å². The van der Waals surface area contributed by atoms with Crippen LogP contribution in [0.4, 0.5) is 0 Å². The van der Waals surface area contributed by atoms with E-state index in [1.54, 1.807) is 11.3 Å². The minimum Gasteiger partial charge on any atom is -0.467 e. The number of carbonyl (C=O) groups excluding carboxylic acids is 1. The van der Waals surface area contributed by atoms with Gasteiger partial charge in [0.05, 0.1) is 16.0 Å². The minimum atomic E-state index is 0.0925. The molecule has 1 aliphatic rings. The van der Waals surface area contributed by atoms with Gasteiger partial charge in [0.25, 0.3) is 10.4 Å². The summed E-state index contributed by atoms with van der Waals surface area (Å²) >= 11 is 2.96. The second-order valence-corrected chi connectivity index (χ2v) is 9.68. The van der Waals surface area contributed by atoms with Gasteiger partial charge in [-0.15, -0.1) is 0 Å². The summed E-state index contributed by atoms with van der Waals surface area (Å²) in [7, 11) is 0. The summed E-state index contributed by atoms with van der Waals surface area (Å²) in [5.74, 6) is 0.436. The van der Waals surface area contributed by atoms with E-state index in [0.717, 1.165) is 34.7 Å². The molecular formula is C23H23N3O3S2. The van der Waals surface area contributed by atoms with Crippen LogP contribution in [-0.4, -0.2) is 45.7 Å². The number of para-hydroxylation sites is 2. The highest BCUT2D eigenvalue weighted by Crippen LogP contribution is 2.33. The second-order valence-electron chi connectivity index (χ2n) is 7.79. The summed E-state index contributed by atoms with van der Waals surface area (Å²) in [6.07, 6.45) is 1.72. The fourth-order valence-corrected chi connectivity index (χ4v) is 5.55. The van der Waals surface area contributed by atoms with Crippen molar-refractivity contribution in [3.8, 4) is 5.19 Å². The van der Waals surface area contributed by atoms with Gasteiger partial charge in [-0.3, -0.25) is 4.79 Å². The molecule has 5 rings (SSSR count). The Morgan fingerprint density at radius 2 is 1.94 bits per heavy atom. The molecule has 2 aromatic heterocycles. The molecule has 8 heteroatoms. The number of thiazole rings is 1. The number of piperidine rings is 1. The van der Waals surface area contributed by atoms with E-state index >= 15 is 0 Å². The molecule has 31 heavy (non-hydrogen) atoms. The molecule has 1 saturated heterocycles. The van der Waals surface area contributed by atoms with Crippen molar-refractivity contribution in [3.05, 3.63) is 47.5 Å². The van der Waals surface area contributed by atoms with Crippen LogP contribution in [0, 0.1) is 13.8 Å². The van der Waals surface area contributed by atoms with E-state index < -0.39 is 0 Å². The Balaban J connectivity index is 1.14. The van der Waals surface area contributed by atoms with Crippen molar-refractivity contribution in [1.29, 1.82) is 0 Å². The molecule has 0 bridgehead atoms. The fraction of sp³-hybridized carbons (Fsp3) is 0.348. The number of hydrogen-bond donors (Lipinski definition) is 0. The predicted octanol–water partition coefficient (Wildman–Crippen LogP) is 5.22. The highest BCUT2D eigenvalue weighted by molar-refractivity contribution is 7.99. The molecule has 4 aromatic rings. The number of fused-ring (bicyclic) bond motifs is 2. The molecule has 0 aliphatic carbocycles. The van der Waals surface area contributed by atoms with Crippen molar-refractivity contribution in [2.24, 2.45) is 0 Å². The first-order valence-corrected chi connectivity index (χ1v) is 12.2. The first-order chi connectivity index (χ1) is 15.1. The van der Waals surface area contributed by atoms with E-state index in [2.05, 4.69) is 31.0 Å². The number of hydrogen-bond acceptors (Lipinski definition) is 7. The average Bonchev–Trinajstić information content (AvgIpc) is 3.40. The Bertz CT molecular complexity index is 1170. The maximum Gasteiger partial charge on any atom is 0.274 e. The molecule has 0 unspecified atom stereocenters. The maximum atomic E-state index is 12.6. The number of ether oxygens (including phenoxy) is 1. The van der Waals surface area contributed by atoms with Crippen LogP contribution >= 0.6 is 23.1 Å². The van der Waals surface area contributed by atoms with Crippen LogP contribution < -0.4 is 4.74 Å². The van der Waals surface area contributed by atoms with Gasteiger partial charge in [0.15, 0.2) is 5.58 Å². The van der Waals surface area contributed by atoms with Crippen LogP contribution in [0.1, 0.15) is 24.0 Å². The normalized spacial score (nSPS) is 15.1. The number of carbonyl (C=O) groups is 1. The minimum absolute atomic E-state index is 0.0925. The number of amides is 1. The van der Waals surface area contributed by atoms with Crippen molar-refractivity contribution in [2.45, 2.75) is 38.0 Å². The van der Waals surface area contributed by atoms with Gasteiger partial charge in [-0.2, -0.15) is 0 Å². The fourth-order valence-electron chi connectivity index (χ4n) is 3.78. The number of aromatic nitrogens is 2. The number of aryl methyl sites for hydroxylation is 2. The van der Waals surface area contributed by atoms with Gasteiger partial charge >= 0.3 is 0 Å². The number of likely N-dealkylation sites (tertiary alicyclic amines) is 1. The molecule has 0 saturated carbocycles. The zero-order chi connectivity index (χ0) is 21.4. The summed E-state index contributed by atoms with van der Waals surface area (Å²) in [6, 6.07) is 11.9. The lowest BCUT2D eigenvalue weighted by Crippen LogP contribution is -2.42. The van der Waals surface area contributed by atoms with Gasteiger partial charge in [0.1, 0.15) is 11.6 Å². The first kappa shape index (κ1) is 20.3. The molecule has 1 amide bonds. The van der Waals surface area contributed by atoms with E-state index in [-0.39, 0.29) is 12.0 Å². The van der Waals surface area contributed by atoms with Crippen molar-refractivity contribution in [1.82, 2.24) is 14.9 Å². The van der Waals surface area contributed by atoms with E-state index in [0.29, 0.717) is 24.1 Å². The van der Waals surface area contributed by atoms with Crippen LogP contribution in [0.25, 0.3) is 21.3 Å². The maximum absolute atomic E-state index is 12.6. The standard InChI is InChI=1S/C23H23N3O3S2/c1-14-7-8-15(2)21-20(14)25-23(31-21)28-16-9-11-26(12-10-16)19(27)13-30-22-24-17-5-3-4-6-18(17)29-22/h3-8,16H,9-13H2,1-2H3. The summed E-state index contributed by atoms with van der Waals surface area (Å²) in [4.78, 5) is 23.6. The predicted molar refractivity (Wildman–Crippen MR) is 124 cm³/mol. The third kappa shape index (κ3) is 4.27. The molecule has 1 fully saturated rings. The zero-order valence-corrected chi connectivity index (χ0v) is 19.1. The van der Waals surface area contributed by atoms with E-state index in [9.17, 15) is 4.79 Å². The van der Waals surface area contributed by atoms with Gasteiger partial charge < -0.3 is 14.1 Å². The average molecular weight is 454 g/mol. The van der Waals surface area contributed by atoms with Gasteiger partial charge in [-0.05, 0) is 37.1 Å². The lowest BCUT2D eigenvalue weighted by Gasteiger charge is -2.31. The van der Waals surface area contributed by atoms with Gasteiger partial charge in [-0.1, -0.05) is 47.4 Å². The first-order valence-electron chi connectivity index (χ1n) is 10.4. The van der Waals surface area contributed by atoms with E-state index in [4.69, 9.17) is 14.1 Å². The lowest BCUT2D eigenvalue weighted by atomic mass is 10.1. The second kappa shape index (κ2) is 8.51. The molecule has 1 aliphatic heterocycles. The number of rotatable bonds is 5. The summed E-state index contributed by atoms with van der Waals surface area (Å²) < 4.78 is 13.1. The Labute approximate surface area is 188 Å². The lowest BCUT2D eigenvalue weighted by molar-refractivity contribution is -0.130. The third-order valence-electron chi connectivity index (χ3n) is 5.58. The van der Waals surface area contributed by atoms with Crippen LogP contribution in [0.5, 0.6) is 5.19 Å². The number of benzene rings is 2. The number of oxazole rings is 1. The molecule has 6 nitrogen and oxygen atoms in total. The quantitative estimate of drug-likeness (QED) is 0.386. The Morgan fingerprint density at radius 3 is 2.71 bits per heavy atom. The molecule has 160 valence electrons. The van der Waals surface area contributed by atoms with Crippen molar-refractivity contribution < 1.29 is 13.9 Å². The highest BCUT2D eigenvalue weighted by atomic mass is 32.2. The van der Waals surface area contributed by atoms with Crippen LogP contribution in [0.3, 0.4) is 0 Å².